The zero-order valence-corrected chi connectivity index (χ0v) is 8.59. The maximum absolute atomic E-state index is 3.49. The molecule has 0 radical (unpaired) electrons. The fourth-order valence-corrected chi connectivity index (χ4v) is 2.74. The van der Waals surface area contributed by atoms with Crippen molar-refractivity contribution in [3.05, 3.63) is 34.9 Å². The van der Waals surface area contributed by atoms with Crippen molar-refractivity contribution in [2.45, 2.75) is 19.0 Å². The highest BCUT2D eigenvalue weighted by molar-refractivity contribution is 5.41. The minimum absolute atomic E-state index is 0.615. The second kappa shape index (κ2) is 3.07. The van der Waals surface area contributed by atoms with Crippen LogP contribution >= 0.6 is 0 Å². The van der Waals surface area contributed by atoms with Crippen LogP contribution in [0.5, 0.6) is 0 Å². The van der Waals surface area contributed by atoms with E-state index in [1.807, 2.05) is 0 Å². The van der Waals surface area contributed by atoms with Crippen molar-refractivity contribution in [1.29, 1.82) is 0 Å². The molecule has 0 amide bonds. The van der Waals surface area contributed by atoms with Gasteiger partial charge in [-0.25, -0.2) is 0 Å². The van der Waals surface area contributed by atoms with Crippen LogP contribution in [-0.2, 0) is 13.0 Å². The third-order valence-electron chi connectivity index (χ3n) is 3.54. The molecule has 1 aromatic rings. The molecule has 0 bridgehead atoms. The van der Waals surface area contributed by atoms with E-state index in [4.69, 9.17) is 0 Å². The van der Waals surface area contributed by atoms with Gasteiger partial charge in [-0.15, -0.1) is 0 Å². The normalized spacial score (nSPS) is 25.9. The van der Waals surface area contributed by atoms with E-state index in [0.29, 0.717) is 6.04 Å². The molecule has 2 heterocycles. The molecule has 0 saturated heterocycles. The molecule has 1 atom stereocenters. The lowest BCUT2D eigenvalue weighted by molar-refractivity contribution is 0.214. The van der Waals surface area contributed by atoms with Gasteiger partial charge in [0.25, 0.3) is 0 Å². The summed E-state index contributed by atoms with van der Waals surface area (Å²) in [5, 5.41) is 3.49. The third kappa shape index (κ3) is 1.11. The van der Waals surface area contributed by atoms with Crippen LogP contribution in [0.25, 0.3) is 0 Å². The molecule has 74 valence electrons. The molecule has 1 aromatic carbocycles. The Labute approximate surface area is 84.9 Å². The number of hydrogen-bond donors (Lipinski definition) is 1. The quantitative estimate of drug-likeness (QED) is 0.660. The van der Waals surface area contributed by atoms with Crippen molar-refractivity contribution >= 4 is 0 Å². The van der Waals surface area contributed by atoms with Crippen LogP contribution in [0, 0.1) is 0 Å². The highest BCUT2D eigenvalue weighted by Gasteiger charge is 2.28. The maximum Gasteiger partial charge on any atom is 0.0475 e. The number of hydrogen-bond acceptors (Lipinski definition) is 2. The highest BCUT2D eigenvalue weighted by atomic mass is 15.2. The summed E-state index contributed by atoms with van der Waals surface area (Å²) in [5.74, 6) is 0. The van der Waals surface area contributed by atoms with Crippen molar-refractivity contribution in [3.8, 4) is 0 Å². The number of likely N-dealkylation sites (N-methyl/N-ethyl adjacent to an activating group) is 1. The molecule has 0 fully saturated rings. The molecule has 0 saturated carbocycles. The van der Waals surface area contributed by atoms with Gasteiger partial charge in [0.15, 0.2) is 0 Å². The van der Waals surface area contributed by atoms with E-state index in [9.17, 15) is 0 Å². The van der Waals surface area contributed by atoms with Gasteiger partial charge in [0.1, 0.15) is 0 Å². The Morgan fingerprint density at radius 1 is 1.36 bits per heavy atom. The van der Waals surface area contributed by atoms with Gasteiger partial charge in [-0.2, -0.15) is 0 Å². The smallest absolute Gasteiger partial charge is 0.0475 e. The van der Waals surface area contributed by atoms with Crippen LogP contribution in [0.4, 0.5) is 0 Å². The summed E-state index contributed by atoms with van der Waals surface area (Å²) in [5.41, 5.74) is 4.69. The predicted molar refractivity (Wildman–Crippen MR) is 57.2 cm³/mol. The first-order valence-electron chi connectivity index (χ1n) is 5.38. The summed E-state index contributed by atoms with van der Waals surface area (Å²) in [6.07, 6.45) is 1.22. The van der Waals surface area contributed by atoms with Gasteiger partial charge in [0.2, 0.25) is 0 Å². The second-order valence-corrected chi connectivity index (χ2v) is 4.37. The van der Waals surface area contributed by atoms with Crippen LogP contribution in [0.2, 0.25) is 0 Å². The van der Waals surface area contributed by atoms with Gasteiger partial charge in [-0.05, 0) is 30.2 Å². The molecule has 0 aromatic heterocycles. The van der Waals surface area contributed by atoms with Crippen molar-refractivity contribution in [3.63, 3.8) is 0 Å². The Balaban J connectivity index is 2.17. The lowest BCUT2D eigenvalue weighted by Crippen LogP contribution is -2.42. The molecular formula is C12H16N2. The van der Waals surface area contributed by atoms with Crippen molar-refractivity contribution in [1.82, 2.24) is 10.2 Å². The van der Waals surface area contributed by atoms with Gasteiger partial charge in [0, 0.05) is 25.7 Å². The topological polar surface area (TPSA) is 15.3 Å². The van der Waals surface area contributed by atoms with Crippen LogP contribution in [0.1, 0.15) is 22.7 Å². The minimum atomic E-state index is 0.615. The van der Waals surface area contributed by atoms with Crippen LogP contribution in [0.15, 0.2) is 18.2 Å². The third-order valence-corrected chi connectivity index (χ3v) is 3.54. The van der Waals surface area contributed by atoms with E-state index in [-0.39, 0.29) is 0 Å². The summed E-state index contributed by atoms with van der Waals surface area (Å²) in [4.78, 5) is 2.47. The zero-order chi connectivity index (χ0) is 9.54. The largest absolute Gasteiger partial charge is 0.311 e. The molecule has 3 rings (SSSR count). The van der Waals surface area contributed by atoms with Gasteiger partial charge in [-0.1, -0.05) is 18.2 Å². The van der Waals surface area contributed by atoms with E-state index >= 15 is 0 Å². The maximum atomic E-state index is 3.49. The molecule has 1 unspecified atom stereocenters. The molecule has 2 nitrogen and oxygen atoms in total. The van der Waals surface area contributed by atoms with Crippen molar-refractivity contribution in [2.75, 3.05) is 20.1 Å². The Hall–Kier alpha value is -0.860. The standard InChI is InChI=1S/C12H16N2/c1-14-6-5-9-3-2-4-10-7-13-8-11(14)12(9)10/h2-4,11,13H,5-8H2,1H3. The molecule has 14 heavy (non-hydrogen) atoms. The van der Waals surface area contributed by atoms with Gasteiger partial charge < -0.3 is 5.32 Å². The summed E-state index contributed by atoms with van der Waals surface area (Å²) in [6, 6.07) is 7.37. The molecule has 0 spiro atoms. The average molecular weight is 188 g/mol. The number of rotatable bonds is 0. The van der Waals surface area contributed by atoms with E-state index in [2.05, 4.69) is 35.5 Å². The lowest BCUT2D eigenvalue weighted by atomic mass is 9.87. The van der Waals surface area contributed by atoms with E-state index in [0.717, 1.165) is 13.1 Å². The molecular weight excluding hydrogens is 172 g/mol. The Kier molecular flexibility index (Phi) is 1.85. The highest BCUT2D eigenvalue weighted by Crippen LogP contribution is 2.33. The van der Waals surface area contributed by atoms with E-state index in [1.165, 1.54) is 18.5 Å². The SMILES string of the molecule is CN1CCc2cccc3c2C1CNC3. The summed E-state index contributed by atoms with van der Waals surface area (Å²) < 4.78 is 0. The number of benzene rings is 1. The second-order valence-electron chi connectivity index (χ2n) is 4.37. The van der Waals surface area contributed by atoms with Crippen LogP contribution in [0.3, 0.4) is 0 Å². The fraction of sp³-hybridized carbons (Fsp3) is 0.500. The average Bonchev–Trinajstić information content (AvgIpc) is 2.24. The predicted octanol–water partition coefficient (Wildman–Crippen LogP) is 1.32. The van der Waals surface area contributed by atoms with E-state index in [1.54, 1.807) is 11.1 Å². The monoisotopic (exact) mass is 188 g/mol. The Bertz CT molecular complexity index is 345. The van der Waals surface area contributed by atoms with Gasteiger partial charge in [-0.3, -0.25) is 4.90 Å². The van der Waals surface area contributed by atoms with E-state index < -0.39 is 0 Å². The van der Waals surface area contributed by atoms with Crippen molar-refractivity contribution in [2.24, 2.45) is 0 Å². The summed E-state index contributed by atoms with van der Waals surface area (Å²) >= 11 is 0. The van der Waals surface area contributed by atoms with Gasteiger partial charge in [0.05, 0.1) is 0 Å². The molecule has 2 aliphatic rings. The number of nitrogens with one attached hydrogen (secondary N) is 1. The molecule has 1 N–H and O–H groups in total. The number of nitrogens with zero attached hydrogens (tertiary/aromatic N) is 1. The van der Waals surface area contributed by atoms with Crippen molar-refractivity contribution < 1.29 is 0 Å². The van der Waals surface area contributed by atoms with Crippen LogP contribution < -0.4 is 5.32 Å². The molecule has 2 heteroatoms. The Morgan fingerprint density at radius 3 is 3.14 bits per heavy atom. The lowest BCUT2D eigenvalue weighted by Gasteiger charge is -2.39. The Morgan fingerprint density at radius 2 is 2.21 bits per heavy atom. The molecule has 0 aliphatic carbocycles. The molecule has 2 aliphatic heterocycles. The first-order chi connectivity index (χ1) is 6.86. The zero-order valence-electron chi connectivity index (χ0n) is 8.59. The summed E-state index contributed by atoms with van der Waals surface area (Å²) in [7, 11) is 2.23. The summed E-state index contributed by atoms with van der Waals surface area (Å²) in [6.45, 7) is 3.36. The fourth-order valence-electron chi connectivity index (χ4n) is 2.74. The first-order valence-corrected chi connectivity index (χ1v) is 5.38. The minimum Gasteiger partial charge on any atom is -0.311 e. The van der Waals surface area contributed by atoms with Crippen LogP contribution in [-0.4, -0.2) is 25.0 Å². The van der Waals surface area contributed by atoms with Gasteiger partial charge >= 0.3 is 0 Å². The first kappa shape index (κ1) is 8.45.